The predicted molar refractivity (Wildman–Crippen MR) is 108 cm³/mol. The molecule has 0 unspecified atom stereocenters. The van der Waals surface area contributed by atoms with Crippen molar-refractivity contribution in [2.24, 2.45) is 0 Å². The van der Waals surface area contributed by atoms with Gasteiger partial charge in [0.15, 0.2) is 0 Å². The molecule has 0 radical (unpaired) electrons. The van der Waals surface area contributed by atoms with Crippen molar-refractivity contribution in [3.05, 3.63) is 60.2 Å². The molecule has 0 spiro atoms. The molecule has 2 aromatic carbocycles. The first-order valence-corrected chi connectivity index (χ1v) is 9.14. The van der Waals surface area contributed by atoms with Crippen molar-refractivity contribution >= 4 is 68.8 Å². The molecule has 2 N–H and O–H groups in total. The molecule has 0 bridgehead atoms. The van der Waals surface area contributed by atoms with Gasteiger partial charge >= 0.3 is 0 Å². The van der Waals surface area contributed by atoms with E-state index < -0.39 is 11.8 Å². The largest absolute Gasteiger partial charge is 0.506 e. The zero-order chi connectivity index (χ0) is 17.4. The van der Waals surface area contributed by atoms with Crippen LogP contribution in [0.1, 0.15) is 11.1 Å². The molecule has 1 aliphatic rings. The Kier molecular flexibility index (Phi) is 4.81. The lowest BCUT2D eigenvalue weighted by Crippen LogP contribution is -2.35. The van der Waals surface area contributed by atoms with Crippen molar-refractivity contribution in [2.45, 2.75) is 6.92 Å². The third kappa shape index (κ3) is 3.27. The second-order valence-corrected chi connectivity index (χ2v) is 7.71. The summed E-state index contributed by atoms with van der Waals surface area (Å²) in [5.74, 6) is -0.885. The number of nitrogens with one attached hydrogen (secondary N) is 1. The van der Waals surface area contributed by atoms with E-state index in [9.17, 15) is 14.7 Å². The minimum absolute atomic E-state index is 0.0105. The molecule has 0 aromatic heterocycles. The Morgan fingerprint density at radius 3 is 2.46 bits per heavy atom. The molecule has 5 nitrogen and oxygen atoms in total. The second-order valence-electron chi connectivity index (χ2n) is 5.30. The molecule has 0 atom stereocenters. The number of aromatic hydroxyl groups is 1. The summed E-state index contributed by atoms with van der Waals surface area (Å²) in [5.41, 5.74) is 4.63. The monoisotopic (exact) mass is 546 g/mol. The molecule has 1 heterocycles. The first-order valence-electron chi connectivity index (χ1n) is 6.98. The number of hydrogen-bond donors (Lipinski definition) is 2. The van der Waals surface area contributed by atoms with E-state index in [-0.39, 0.29) is 11.3 Å². The summed E-state index contributed by atoms with van der Waals surface area (Å²) in [6, 6.07) is 10.8. The third-order valence-electron chi connectivity index (χ3n) is 3.54. The van der Waals surface area contributed by atoms with Crippen molar-refractivity contribution < 1.29 is 14.7 Å². The summed E-state index contributed by atoms with van der Waals surface area (Å²) in [6.45, 7) is 1.95. The van der Waals surface area contributed by atoms with Gasteiger partial charge in [-0.25, -0.2) is 5.01 Å². The number of benzene rings is 2. The number of anilines is 1. The minimum atomic E-state index is -0.492. The Hall–Kier alpha value is -1.62. The summed E-state index contributed by atoms with van der Waals surface area (Å²) >= 11 is 4.13. The van der Waals surface area contributed by atoms with Crippen molar-refractivity contribution in [3.63, 3.8) is 0 Å². The van der Waals surface area contributed by atoms with Gasteiger partial charge in [0.25, 0.3) is 11.8 Å². The van der Waals surface area contributed by atoms with E-state index in [0.29, 0.717) is 14.8 Å². The van der Waals surface area contributed by atoms with E-state index in [0.717, 1.165) is 9.13 Å². The van der Waals surface area contributed by atoms with Gasteiger partial charge < -0.3 is 5.11 Å². The number of nitrogens with zero attached hydrogens (tertiary/aromatic N) is 1. The molecule has 3 rings (SSSR count). The van der Waals surface area contributed by atoms with Crippen molar-refractivity contribution in [1.29, 1.82) is 0 Å². The van der Waals surface area contributed by atoms with Gasteiger partial charge in [-0.2, -0.15) is 0 Å². The summed E-state index contributed by atoms with van der Waals surface area (Å²) in [5, 5.41) is 11.4. The summed E-state index contributed by atoms with van der Waals surface area (Å²) in [7, 11) is 0. The van der Waals surface area contributed by atoms with E-state index in [2.05, 4.69) is 28.0 Å². The number of phenolic OH excluding ortho intramolecular Hbond substituents is 1. The van der Waals surface area contributed by atoms with Crippen LogP contribution in [0.3, 0.4) is 0 Å². The van der Waals surface area contributed by atoms with Crippen LogP contribution in [-0.4, -0.2) is 16.9 Å². The Morgan fingerprint density at radius 2 is 1.79 bits per heavy atom. The smallest absolute Gasteiger partial charge is 0.282 e. The van der Waals surface area contributed by atoms with Crippen LogP contribution in [-0.2, 0) is 9.59 Å². The number of carbonyl (C=O) groups is 2. The van der Waals surface area contributed by atoms with Crippen LogP contribution in [0.15, 0.2) is 42.0 Å². The highest BCUT2D eigenvalue weighted by molar-refractivity contribution is 14.1. The van der Waals surface area contributed by atoms with Crippen LogP contribution in [0, 0.1) is 14.1 Å². The molecule has 7 heteroatoms. The van der Waals surface area contributed by atoms with Crippen LogP contribution in [0.2, 0.25) is 0 Å². The zero-order valence-corrected chi connectivity index (χ0v) is 16.8. The first kappa shape index (κ1) is 17.2. The number of carbonyl (C=O) groups excluding carboxylic acids is 2. The van der Waals surface area contributed by atoms with Crippen LogP contribution in [0.25, 0.3) is 6.08 Å². The SMILES string of the molecule is Cc1ccc(N2NC(=O)/C(=C/c3cc(I)cc(I)c3O)C2=O)cc1. The fourth-order valence-electron chi connectivity index (χ4n) is 2.28. The Labute approximate surface area is 166 Å². The Bertz CT molecular complexity index is 876. The Morgan fingerprint density at radius 1 is 1.12 bits per heavy atom. The van der Waals surface area contributed by atoms with E-state index in [1.165, 1.54) is 11.1 Å². The number of rotatable bonds is 2. The highest BCUT2D eigenvalue weighted by atomic mass is 127. The van der Waals surface area contributed by atoms with Crippen molar-refractivity contribution in [1.82, 2.24) is 5.43 Å². The van der Waals surface area contributed by atoms with E-state index >= 15 is 0 Å². The van der Waals surface area contributed by atoms with Gasteiger partial charge in [0, 0.05) is 9.13 Å². The number of hydrazine groups is 1. The normalized spacial score (nSPS) is 16.0. The highest BCUT2D eigenvalue weighted by Gasteiger charge is 2.34. The first-order chi connectivity index (χ1) is 11.4. The van der Waals surface area contributed by atoms with Gasteiger partial charge in [0.05, 0.1) is 9.26 Å². The lowest BCUT2D eigenvalue weighted by Gasteiger charge is -2.14. The van der Waals surface area contributed by atoms with Crippen LogP contribution < -0.4 is 10.4 Å². The summed E-state index contributed by atoms with van der Waals surface area (Å²) in [4.78, 5) is 24.8. The third-order valence-corrected chi connectivity index (χ3v) is 4.99. The van der Waals surface area contributed by atoms with Crippen LogP contribution >= 0.6 is 45.2 Å². The van der Waals surface area contributed by atoms with E-state index in [1.54, 1.807) is 18.2 Å². The van der Waals surface area contributed by atoms with E-state index in [4.69, 9.17) is 0 Å². The molecular formula is C17H12I2N2O3. The molecular weight excluding hydrogens is 534 g/mol. The van der Waals surface area contributed by atoms with Gasteiger partial charge in [-0.05, 0) is 82.4 Å². The fourth-order valence-corrected chi connectivity index (χ4v) is 4.17. The quantitative estimate of drug-likeness (QED) is 0.345. The number of aryl methyl sites for hydroxylation is 1. The molecule has 1 fully saturated rings. The lowest BCUT2D eigenvalue weighted by molar-refractivity contribution is -0.117. The minimum Gasteiger partial charge on any atom is -0.506 e. The molecule has 1 aliphatic heterocycles. The molecule has 1 saturated heterocycles. The molecule has 0 aliphatic carbocycles. The second kappa shape index (κ2) is 6.71. The standard InChI is InChI=1S/C17H12I2N2O3/c1-9-2-4-12(5-3-9)21-17(24)13(16(23)20-21)7-10-6-11(18)8-14(19)15(10)22/h2-8,22H,1H3,(H,20,23)/b13-7-. The molecule has 24 heavy (non-hydrogen) atoms. The maximum Gasteiger partial charge on any atom is 0.282 e. The lowest BCUT2D eigenvalue weighted by atomic mass is 10.1. The zero-order valence-electron chi connectivity index (χ0n) is 12.5. The van der Waals surface area contributed by atoms with Gasteiger partial charge in [0.1, 0.15) is 11.3 Å². The Balaban J connectivity index is 1.99. The molecule has 122 valence electrons. The van der Waals surface area contributed by atoms with Gasteiger partial charge in [-0.15, -0.1) is 0 Å². The summed E-state index contributed by atoms with van der Waals surface area (Å²) < 4.78 is 1.57. The number of halogens is 2. The highest BCUT2D eigenvalue weighted by Crippen LogP contribution is 2.30. The summed E-state index contributed by atoms with van der Waals surface area (Å²) in [6.07, 6.45) is 1.42. The average molecular weight is 546 g/mol. The van der Waals surface area contributed by atoms with Crippen LogP contribution in [0.4, 0.5) is 5.69 Å². The maximum absolute atomic E-state index is 12.6. The van der Waals surface area contributed by atoms with Gasteiger partial charge in [-0.3, -0.25) is 15.0 Å². The number of amides is 2. The number of phenols is 1. The molecule has 0 saturated carbocycles. The molecule has 2 amide bonds. The van der Waals surface area contributed by atoms with Crippen LogP contribution in [0.5, 0.6) is 5.75 Å². The van der Waals surface area contributed by atoms with Crippen molar-refractivity contribution in [3.8, 4) is 5.75 Å². The fraction of sp³-hybridized carbons (Fsp3) is 0.0588. The van der Waals surface area contributed by atoms with Gasteiger partial charge in [-0.1, -0.05) is 17.7 Å². The van der Waals surface area contributed by atoms with E-state index in [1.807, 2.05) is 47.7 Å². The average Bonchev–Trinajstić information content (AvgIpc) is 2.81. The van der Waals surface area contributed by atoms with Crippen molar-refractivity contribution in [2.75, 3.05) is 5.01 Å². The van der Waals surface area contributed by atoms with Gasteiger partial charge in [0.2, 0.25) is 0 Å². The number of hydrogen-bond acceptors (Lipinski definition) is 3. The topological polar surface area (TPSA) is 69.6 Å². The maximum atomic E-state index is 12.6. The molecule has 2 aromatic rings. The predicted octanol–water partition coefficient (Wildman–Crippen LogP) is 3.37.